The Morgan fingerprint density at radius 2 is 1.71 bits per heavy atom. The predicted molar refractivity (Wildman–Crippen MR) is 124 cm³/mol. The molecule has 34 heavy (non-hydrogen) atoms. The Labute approximate surface area is 201 Å². The van der Waals surface area contributed by atoms with Crippen molar-refractivity contribution >= 4 is 5.90 Å². The van der Waals surface area contributed by atoms with Crippen molar-refractivity contribution < 1.29 is 14.2 Å². The summed E-state index contributed by atoms with van der Waals surface area (Å²) >= 11 is 0. The molecule has 178 valence electrons. The highest BCUT2D eigenvalue weighted by atomic mass is 16.7. The van der Waals surface area contributed by atoms with E-state index in [1.54, 1.807) is 0 Å². The number of unbranched alkanes of at least 4 members (excludes halogenated alkanes) is 5. The first-order valence-corrected chi connectivity index (χ1v) is 12.5. The van der Waals surface area contributed by atoms with Gasteiger partial charge in [0.05, 0.1) is 30.7 Å². The summed E-state index contributed by atoms with van der Waals surface area (Å²) in [5.74, 6) is -1.42. The van der Waals surface area contributed by atoms with Gasteiger partial charge in [0.25, 0.3) is 0 Å². The third kappa shape index (κ3) is 3.53. The highest BCUT2D eigenvalue weighted by Crippen LogP contribution is 2.69. The lowest BCUT2D eigenvalue weighted by atomic mass is 9.48. The number of rotatable bonds is 9. The molecule has 4 atom stereocenters. The zero-order chi connectivity index (χ0) is 24.2. The molecule has 0 aromatic heterocycles. The molecule has 2 bridgehead atoms. The average molecular weight is 461 g/mol. The second-order valence-electron chi connectivity index (χ2n) is 9.68. The van der Waals surface area contributed by atoms with Gasteiger partial charge in [-0.3, -0.25) is 5.41 Å². The van der Waals surface area contributed by atoms with Crippen LogP contribution >= 0.6 is 0 Å². The SMILES string of the molecule is CCCCCCCCOc1ccc([C@@H]2O[C@@]34CCCC[C@H]3C(C#N)(C#N)[C@@]2(C#N)C(=N)O4)cc1. The third-order valence-electron chi connectivity index (χ3n) is 7.77. The number of hydrogen-bond donors (Lipinski definition) is 1. The Kier molecular flexibility index (Phi) is 6.83. The summed E-state index contributed by atoms with van der Waals surface area (Å²) in [4.78, 5) is 0. The van der Waals surface area contributed by atoms with E-state index >= 15 is 0 Å². The van der Waals surface area contributed by atoms with Gasteiger partial charge in [-0.15, -0.1) is 0 Å². The van der Waals surface area contributed by atoms with Crippen molar-refractivity contribution in [1.82, 2.24) is 0 Å². The van der Waals surface area contributed by atoms with E-state index in [1.165, 1.54) is 25.7 Å². The van der Waals surface area contributed by atoms with Crippen LogP contribution < -0.4 is 4.74 Å². The van der Waals surface area contributed by atoms with Crippen molar-refractivity contribution in [1.29, 1.82) is 21.2 Å². The summed E-state index contributed by atoms with van der Waals surface area (Å²) in [6.07, 6.45) is 8.88. The van der Waals surface area contributed by atoms with Gasteiger partial charge in [-0.1, -0.05) is 57.6 Å². The zero-order valence-electron chi connectivity index (χ0n) is 19.8. The van der Waals surface area contributed by atoms with Crippen molar-refractivity contribution in [3.63, 3.8) is 0 Å². The lowest BCUT2D eigenvalue weighted by Gasteiger charge is -2.63. The Morgan fingerprint density at radius 3 is 2.38 bits per heavy atom. The molecule has 7 heteroatoms. The van der Waals surface area contributed by atoms with Crippen LogP contribution in [0.25, 0.3) is 0 Å². The molecule has 1 aliphatic carbocycles. The second-order valence-corrected chi connectivity index (χ2v) is 9.68. The van der Waals surface area contributed by atoms with Crippen molar-refractivity contribution in [2.75, 3.05) is 6.61 Å². The molecule has 1 aromatic carbocycles. The fraction of sp³-hybridized carbons (Fsp3) is 0.630. The Balaban J connectivity index is 1.56. The van der Waals surface area contributed by atoms with Crippen LogP contribution in [0.2, 0.25) is 0 Å². The monoisotopic (exact) mass is 460 g/mol. The molecule has 1 spiro atoms. The third-order valence-corrected chi connectivity index (χ3v) is 7.77. The van der Waals surface area contributed by atoms with Crippen LogP contribution in [0.15, 0.2) is 24.3 Å². The quantitative estimate of drug-likeness (QED) is 0.455. The minimum atomic E-state index is -1.83. The summed E-state index contributed by atoms with van der Waals surface area (Å²) < 4.78 is 18.2. The minimum absolute atomic E-state index is 0.337. The summed E-state index contributed by atoms with van der Waals surface area (Å²) in [6.45, 7) is 2.85. The number of fused-ring (bicyclic) bond motifs is 2. The van der Waals surface area contributed by atoms with E-state index in [0.717, 1.165) is 31.4 Å². The summed E-state index contributed by atoms with van der Waals surface area (Å²) in [5.41, 5.74) is -2.91. The average Bonchev–Trinajstić information content (AvgIpc) is 2.87. The molecule has 1 aromatic rings. The van der Waals surface area contributed by atoms with Gasteiger partial charge in [0.2, 0.25) is 11.7 Å². The van der Waals surface area contributed by atoms with E-state index < -0.39 is 28.6 Å². The molecular weight excluding hydrogens is 428 g/mol. The molecule has 3 heterocycles. The van der Waals surface area contributed by atoms with Gasteiger partial charge in [0.15, 0.2) is 10.8 Å². The van der Waals surface area contributed by atoms with E-state index in [1.807, 2.05) is 24.3 Å². The van der Waals surface area contributed by atoms with Crippen molar-refractivity contribution in [2.24, 2.45) is 16.7 Å². The summed E-state index contributed by atoms with van der Waals surface area (Å²) in [6, 6.07) is 13.8. The lowest BCUT2D eigenvalue weighted by Crippen LogP contribution is -2.73. The van der Waals surface area contributed by atoms with E-state index in [0.29, 0.717) is 25.0 Å². The molecule has 0 amide bonds. The number of nitrogens with zero attached hydrogens (tertiary/aromatic N) is 3. The molecule has 0 radical (unpaired) electrons. The van der Waals surface area contributed by atoms with Crippen LogP contribution in [0, 0.1) is 56.2 Å². The number of nitrogens with one attached hydrogen (secondary N) is 1. The first kappa shape index (κ1) is 24.1. The van der Waals surface area contributed by atoms with Crippen LogP contribution in [0.5, 0.6) is 5.75 Å². The number of ether oxygens (including phenoxy) is 3. The fourth-order valence-corrected chi connectivity index (χ4v) is 5.95. The van der Waals surface area contributed by atoms with Crippen LogP contribution in [-0.4, -0.2) is 18.3 Å². The van der Waals surface area contributed by atoms with Crippen LogP contribution in [0.3, 0.4) is 0 Å². The van der Waals surface area contributed by atoms with E-state index in [4.69, 9.17) is 19.6 Å². The van der Waals surface area contributed by atoms with Crippen LogP contribution in [0.1, 0.15) is 82.8 Å². The highest BCUT2D eigenvalue weighted by molar-refractivity contribution is 5.89. The maximum atomic E-state index is 10.4. The zero-order valence-corrected chi connectivity index (χ0v) is 19.8. The molecule has 3 saturated heterocycles. The van der Waals surface area contributed by atoms with E-state index in [9.17, 15) is 15.8 Å². The molecule has 3 aliphatic heterocycles. The standard InChI is InChI=1S/C27H32N4O3/c1-2-3-4-5-6-9-16-32-21-13-11-20(12-14-21)23-26(19-30)24(31)34-27(33-23)15-8-7-10-22(27)25(26,17-28)18-29/h11-14,22-23,31H,2-10,15-16H2,1H3/t22-,23-,26+,27+/m0/s1. The van der Waals surface area contributed by atoms with Gasteiger partial charge in [0.1, 0.15) is 11.9 Å². The number of benzene rings is 1. The Morgan fingerprint density at radius 1 is 1.00 bits per heavy atom. The van der Waals surface area contributed by atoms with Gasteiger partial charge >= 0.3 is 0 Å². The Bertz CT molecular complexity index is 1020. The van der Waals surface area contributed by atoms with E-state index in [2.05, 4.69) is 25.1 Å². The number of nitriles is 3. The van der Waals surface area contributed by atoms with E-state index in [-0.39, 0.29) is 5.90 Å². The first-order chi connectivity index (χ1) is 16.5. The molecule has 1 N–H and O–H groups in total. The number of hydrogen-bond acceptors (Lipinski definition) is 7. The normalized spacial score (nSPS) is 30.8. The van der Waals surface area contributed by atoms with Gasteiger partial charge < -0.3 is 14.2 Å². The van der Waals surface area contributed by atoms with Crippen molar-refractivity contribution in [2.45, 2.75) is 83.0 Å². The summed E-state index contributed by atoms with van der Waals surface area (Å²) in [5, 5.41) is 39.5. The van der Waals surface area contributed by atoms with Gasteiger partial charge in [-0.05, 0) is 37.0 Å². The topological polar surface area (TPSA) is 123 Å². The van der Waals surface area contributed by atoms with Crippen LogP contribution in [-0.2, 0) is 9.47 Å². The molecular formula is C27H32N4O3. The second kappa shape index (κ2) is 9.65. The molecule has 5 rings (SSSR count). The van der Waals surface area contributed by atoms with Gasteiger partial charge in [-0.25, -0.2) is 0 Å². The van der Waals surface area contributed by atoms with Gasteiger partial charge in [-0.2, -0.15) is 15.8 Å². The predicted octanol–water partition coefficient (Wildman–Crippen LogP) is 5.93. The summed E-state index contributed by atoms with van der Waals surface area (Å²) in [7, 11) is 0. The fourth-order valence-electron chi connectivity index (χ4n) is 5.95. The van der Waals surface area contributed by atoms with Crippen LogP contribution in [0.4, 0.5) is 0 Å². The maximum absolute atomic E-state index is 10.4. The largest absolute Gasteiger partial charge is 0.494 e. The molecule has 1 saturated carbocycles. The molecule has 4 aliphatic rings. The lowest BCUT2D eigenvalue weighted by molar-refractivity contribution is -0.360. The molecule has 7 nitrogen and oxygen atoms in total. The van der Waals surface area contributed by atoms with Gasteiger partial charge in [0, 0.05) is 6.42 Å². The maximum Gasteiger partial charge on any atom is 0.218 e. The molecule has 4 fully saturated rings. The Hall–Kier alpha value is -3.08. The first-order valence-electron chi connectivity index (χ1n) is 12.5. The molecule has 0 unspecified atom stereocenters. The van der Waals surface area contributed by atoms with Crippen molar-refractivity contribution in [3.05, 3.63) is 29.8 Å². The minimum Gasteiger partial charge on any atom is -0.494 e. The highest BCUT2D eigenvalue weighted by Gasteiger charge is 2.80. The smallest absolute Gasteiger partial charge is 0.218 e. The van der Waals surface area contributed by atoms with Crippen molar-refractivity contribution in [3.8, 4) is 24.0 Å².